The second-order valence-corrected chi connectivity index (χ2v) is 8.42. The quantitative estimate of drug-likeness (QED) is 0.542. The maximum absolute atomic E-state index is 12.0. The molecule has 1 N–H and O–H groups in total. The highest BCUT2D eigenvalue weighted by Crippen LogP contribution is 2.28. The van der Waals surface area contributed by atoms with Crippen molar-refractivity contribution in [3.05, 3.63) is 30.3 Å². The summed E-state index contributed by atoms with van der Waals surface area (Å²) in [4.78, 5) is 27.9. The van der Waals surface area contributed by atoms with E-state index in [9.17, 15) is 9.59 Å². The van der Waals surface area contributed by atoms with Crippen LogP contribution in [-0.2, 0) is 9.59 Å². The summed E-state index contributed by atoms with van der Waals surface area (Å²) in [6, 6.07) is 9.36. The van der Waals surface area contributed by atoms with Gasteiger partial charge in [0.25, 0.3) is 0 Å². The number of alkyl halides is 1. The number of amides is 2. The number of carbonyl (C=O) groups excluding carboxylic acids is 2. The minimum atomic E-state index is -0.0747. The Kier molecular flexibility index (Phi) is 7.31. The Morgan fingerprint density at radius 1 is 1.15 bits per heavy atom. The molecule has 27 heavy (non-hydrogen) atoms. The van der Waals surface area contributed by atoms with Crippen LogP contribution in [-0.4, -0.2) is 64.7 Å². The number of rotatable bonds is 7. The highest BCUT2D eigenvalue weighted by Gasteiger charge is 2.23. The highest BCUT2D eigenvalue weighted by molar-refractivity contribution is 8.01. The topological polar surface area (TPSA) is 78.4 Å². The molecule has 0 saturated carbocycles. The normalized spacial score (nSPS) is 14.3. The lowest BCUT2D eigenvalue weighted by atomic mass is 10.3. The lowest BCUT2D eigenvalue weighted by molar-refractivity contribution is -0.131. The zero-order valence-corrected chi connectivity index (χ0v) is 17.0. The standard InChI is InChI=1S/C17H20ClN5O2S2/c18-7-6-15(25)22-8-10-23(11-9-22)16-20-21-17(27-16)26-12-14(24)19-13-4-2-1-3-5-13/h1-5H,6-12H2,(H,19,24). The van der Waals surface area contributed by atoms with E-state index in [2.05, 4.69) is 20.4 Å². The first kappa shape index (κ1) is 19.9. The molecule has 10 heteroatoms. The molecule has 2 aromatic rings. The van der Waals surface area contributed by atoms with Gasteiger partial charge in [-0.25, -0.2) is 0 Å². The Balaban J connectivity index is 1.45. The Morgan fingerprint density at radius 2 is 1.89 bits per heavy atom. The number of piperazine rings is 1. The molecule has 0 radical (unpaired) electrons. The lowest BCUT2D eigenvalue weighted by Gasteiger charge is -2.34. The lowest BCUT2D eigenvalue weighted by Crippen LogP contribution is -2.48. The Morgan fingerprint density at radius 3 is 2.59 bits per heavy atom. The molecule has 2 heterocycles. The number of nitrogens with zero attached hydrogens (tertiary/aromatic N) is 4. The van der Waals surface area contributed by atoms with Crippen LogP contribution < -0.4 is 10.2 Å². The fraction of sp³-hybridized carbons (Fsp3) is 0.412. The minimum absolute atomic E-state index is 0.0747. The summed E-state index contributed by atoms with van der Waals surface area (Å²) in [7, 11) is 0. The third-order valence-corrected chi connectivity index (χ3v) is 6.30. The molecule has 144 valence electrons. The maximum atomic E-state index is 12.0. The van der Waals surface area contributed by atoms with Gasteiger partial charge in [0.2, 0.25) is 16.9 Å². The smallest absolute Gasteiger partial charge is 0.234 e. The fourth-order valence-electron chi connectivity index (χ4n) is 2.62. The van der Waals surface area contributed by atoms with Gasteiger partial charge in [-0.15, -0.1) is 21.8 Å². The van der Waals surface area contributed by atoms with E-state index in [0.717, 1.165) is 28.2 Å². The molecule has 0 bridgehead atoms. The number of benzene rings is 1. The molecular weight excluding hydrogens is 406 g/mol. The van der Waals surface area contributed by atoms with Crippen molar-refractivity contribution in [2.75, 3.05) is 48.0 Å². The van der Waals surface area contributed by atoms with Crippen LogP contribution in [0.25, 0.3) is 0 Å². The van der Waals surface area contributed by atoms with Crippen molar-refractivity contribution in [2.45, 2.75) is 10.8 Å². The zero-order valence-electron chi connectivity index (χ0n) is 14.6. The Labute approximate surface area is 171 Å². The van der Waals surface area contributed by atoms with Gasteiger partial charge in [0.1, 0.15) is 0 Å². The number of thioether (sulfide) groups is 1. The molecule has 3 rings (SSSR count). The molecular formula is C17H20ClN5O2S2. The number of para-hydroxylation sites is 1. The van der Waals surface area contributed by atoms with E-state index in [1.807, 2.05) is 35.2 Å². The second-order valence-electron chi connectivity index (χ2n) is 5.86. The summed E-state index contributed by atoms with van der Waals surface area (Å²) in [5.41, 5.74) is 0.780. The molecule has 1 aliphatic rings. The van der Waals surface area contributed by atoms with Crippen LogP contribution in [0.4, 0.5) is 10.8 Å². The van der Waals surface area contributed by atoms with Gasteiger partial charge in [-0.1, -0.05) is 41.3 Å². The van der Waals surface area contributed by atoms with E-state index in [-0.39, 0.29) is 17.6 Å². The van der Waals surface area contributed by atoms with Gasteiger partial charge in [-0.05, 0) is 12.1 Å². The maximum Gasteiger partial charge on any atom is 0.234 e. The molecule has 0 atom stereocenters. The Bertz CT molecular complexity index is 766. The fourth-order valence-corrected chi connectivity index (χ4v) is 4.47. The molecule has 0 aliphatic carbocycles. The number of hydrogen-bond acceptors (Lipinski definition) is 7. The summed E-state index contributed by atoms with van der Waals surface area (Å²) in [5.74, 6) is 0.662. The van der Waals surface area contributed by atoms with Crippen molar-refractivity contribution in [3.63, 3.8) is 0 Å². The molecule has 7 nitrogen and oxygen atoms in total. The van der Waals surface area contributed by atoms with Crippen LogP contribution in [0.2, 0.25) is 0 Å². The summed E-state index contributed by atoms with van der Waals surface area (Å²) in [6.45, 7) is 2.78. The molecule has 1 saturated heterocycles. The number of carbonyl (C=O) groups is 2. The summed E-state index contributed by atoms with van der Waals surface area (Å²) < 4.78 is 0.758. The van der Waals surface area contributed by atoms with Gasteiger partial charge in [0.05, 0.1) is 5.75 Å². The minimum Gasteiger partial charge on any atom is -0.343 e. The van der Waals surface area contributed by atoms with E-state index >= 15 is 0 Å². The van der Waals surface area contributed by atoms with Gasteiger partial charge < -0.3 is 15.1 Å². The first-order valence-electron chi connectivity index (χ1n) is 8.55. The summed E-state index contributed by atoms with van der Waals surface area (Å²) in [5, 5.41) is 12.1. The number of halogens is 1. The van der Waals surface area contributed by atoms with Crippen molar-refractivity contribution < 1.29 is 9.59 Å². The van der Waals surface area contributed by atoms with Crippen molar-refractivity contribution in [1.82, 2.24) is 15.1 Å². The zero-order chi connectivity index (χ0) is 19.1. The van der Waals surface area contributed by atoms with Crippen molar-refractivity contribution in [2.24, 2.45) is 0 Å². The summed E-state index contributed by atoms with van der Waals surface area (Å²) in [6.07, 6.45) is 0.381. The number of nitrogens with one attached hydrogen (secondary N) is 1. The van der Waals surface area contributed by atoms with Crippen LogP contribution in [0.15, 0.2) is 34.7 Å². The van der Waals surface area contributed by atoms with Crippen LogP contribution in [0, 0.1) is 0 Å². The van der Waals surface area contributed by atoms with Crippen LogP contribution in [0.5, 0.6) is 0 Å². The number of aromatic nitrogens is 2. The van der Waals surface area contributed by atoms with Crippen LogP contribution >= 0.6 is 34.7 Å². The van der Waals surface area contributed by atoms with Crippen LogP contribution in [0.1, 0.15) is 6.42 Å². The van der Waals surface area contributed by atoms with Crippen molar-refractivity contribution >= 4 is 57.3 Å². The first-order valence-corrected chi connectivity index (χ1v) is 10.9. The van der Waals surface area contributed by atoms with E-state index in [1.54, 1.807) is 0 Å². The van der Waals surface area contributed by atoms with E-state index in [1.165, 1.54) is 23.1 Å². The van der Waals surface area contributed by atoms with Gasteiger partial charge >= 0.3 is 0 Å². The van der Waals surface area contributed by atoms with Crippen molar-refractivity contribution in [3.8, 4) is 0 Å². The molecule has 0 unspecified atom stereocenters. The molecule has 1 fully saturated rings. The average Bonchev–Trinajstić information content (AvgIpc) is 3.17. The van der Waals surface area contributed by atoms with Gasteiger partial charge in [0, 0.05) is 44.2 Å². The molecule has 1 aromatic heterocycles. The largest absolute Gasteiger partial charge is 0.343 e. The van der Waals surface area contributed by atoms with E-state index < -0.39 is 0 Å². The molecule has 2 amide bonds. The highest BCUT2D eigenvalue weighted by atomic mass is 35.5. The number of hydrogen-bond donors (Lipinski definition) is 1. The Hall–Kier alpha value is -1.84. The molecule has 0 spiro atoms. The predicted molar refractivity (Wildman–Crippen MR) is 110 cm³/mol. The molecule has 1 aromatic carbocycles. The van der Waals surface area contributed by atoms with Gasteiger partial charge in [0.15, 0.2) is 4.34 Å². The predicted octanol–water partition coefficient (Wildman–Crippen LogP) is 2.55. The third-order valence-electron chi connectivity index (χ3n) is 3.99. The SMILES string of the molecule is O=C(CSc1nnc(N2CCN(C(=O)CCCl)CC2)s1)Nc1ccccc1. The molecule has 1 aliphatic heterocycles. The van der Waals surface area contributed by atoms with E-state index in [0.29, 0.717) is 25.4 Å². The van der Waals surface area contributed by atoms with Gasteiger partial charge in [-0.3, -0.25) is 9.59 Å². The van der Waals surface area contributed by atoms with Gasteiger partial charge in [-0.2, -0.15) is 0 Å². The third kappa shape index (κ3) is 5.82. The monoisotopic (exact) mass is 425 g/mol. The van der Waals surface area contributed by atoms with E-state index in [4.69, 9.17) is 11.6 Å². The number of anilines is 2. The first-order chi connectivity index (χ1) is 13.2. The average molecular weight is 426 g/mol. The second kappa shape index (κ2) is 9.91. The van der Waals surface area contributed by atoms with Crippen molar-refractivity contribution in [1.29, 1.82) is 0 Å². The summed E-state index contributed by atoms with van der Waals surface area (Å²) >= 11 is 8.48. The van der Waals surface area contributed by atoms with Crippen LogP contribution in [0.3, 0.4) is 0 Å².